The number of likely N-dealkylation sites (tertiary alicyclic amines) is 1. The number of hydrogen-bond donors (Lipinski definition) is 0. The van der Waals surface area contributed by atoms with Crippen LogP contribution in [0.3, 0.4) is 0 Å². The average Bonchev–Trinajstić information content (AvgIpc) is 2.56. The Kier molecular flexibility index (Phi) is 4.74. The number of piperidine rings is 1. The van der Waals surface area contributed by atoms with Crippen molar-refractivity contribution in [3.63, 3.8) is 0 Å². The Labute approximate surface area is 135 Å². The minimum Gasteiger partial charge on any atom is -0.337 e. The molecule has 0 saturated carbocycles. The molecule has 1 amide bonds. The van der Waals surface area contributed by atoms with E-state index in [1.807, 2.05) is 11.0 Å². The van der Waals surface area contributed by atoms with Gasteiger partial charge in [-0.15, -0.1) is 0 Å². The third kappa shape index (κ3) is 3.66. The summed E-state index contributed by atoms with van der Waals surface area (Å²) in [6.07, 6.45) is 4.76. The fourth-order valence-corrected chi connectivity index (χ4v) is 3.13. The van der Waals surface area contributed by atoms with Crippen molar-refractivity contribution in [3.8, 4) is 0 Å². The van der Waals surface area contributed by atoms with Crippen LogP contribution in [0.5, 0.6) is 0 Å². The van der Waals surface area contributed by atoms with Gasteiger partial charge >= 0.3 is 0 Å². The molecule has 0 bridgehead atoms. The fourth-order valence-electron chi connectivity index (χ4n) is 2.97. The minimum atomic E-state index is -0.0133. The number of nitrogens with zero attached hydrogens (tertiary/aromatic N) is 2. The Morgan fingerprint density at radius 3 is 2.59 bits per heavy atom. The summed E-state index contributed by atoms with van der Waals surface area (Å²) in [5, 5.41) is 0.553. The summed E-state index contributed by atoms with van der Waals surface area (Å²) in [7, 11) is 0. The summed E-state index contributed by atoms with van der Waals surface area (Å²) >= 11 is 5.93. The van der Waals surface area contributed by atoms with Crippen LogP contribution < -0.4 is 0 Å². The first-order valence-corrected chi connectivity index (χ1v) is 8.05. The first-order chi connectivity index (χ1) is 10.7. The van der Waals surface area contributed by atoms with Crippen LogP contribution in [-0.4, -0.2) is 28.9 Å². The Morgan fingerprint density at radius 2 is 1.91 bits per heavy atom. The molecular weight excluding hydrogens is 296 g/mol. The first-order valence-electron chi connectivity index (χ1n) is 7.67. The summed E-state index contributed by atoms with van der Waals surface area (Å²) in [5.74, 6) is 0.638. The number of benzene rings is 1. The van der Waals surface area contributed by atoms with E-state index in [1.54, 1.807) is 18.3 Å². The molecule has 3 nitrogen and oxygen atoms in total. The van der Waals surface area contributed by atoms with Crippen LogP contribution in [-0.2, 0) is 6.42 Å². The molecule has 1 aliphatic rings. The maximum absolute atomic E-state index is 12.4. The van der Waals surface area contributed by atoms with Gasteiger partial charge in [-0.2, -0.15) is 0 Å². The molecule has 2 heterocycles. The van der Waals surface area contributed by atoms with E-state index >= 15 is 0 Å². The Morgan fingerprint density at radius 1 is 1.18 bits per heavy atom. The highest BCUT2D eigenvalue weighted by atomic mass is 35.5. The zero-order chi connectivity index (χ0) is 15.4. The molecule has 1 fully saturated rings. The summed E-state index contributed by atoms with van der Waals surface area (Å²) in [6.45, 7) is 1.59. The van der Waals surface area contributed by atoms with Gasteiger partial charge in [0.15, 0.2) is 0 Å². The van der Waals surface area contributed by atoms with Crippen LogP contribution >= 0.6 is 11.6 Å². The summed E-state index contributed by atoms with van der Waals surface area (Å²) in [4.78, 5) is 18.4. The summed E-state index contributed by atoms with van der Waals surface area (Å²) in [6, 6.07) is 13.9. The largest absolute Gasteiger partial charge is 0.337 e. The minimum absolute atomic E-state index is 0.0133. The number of amides is 1. The predicted molar refractivity (Wildman–Crippen MR) is 88.0 cm³/mol. The number of halogens is 1. The van der Waals surface area contributed by atoms with Crippen LogP contribution in [0, 0.1) is 5.92 Å². The summed E-state index contributed by atoms with van der Waals surface area (Å²) < 4.78 is 0. The van der Waals surface area contributed by atoms with E-state index in [0.29, 0.717) is 16.6 Å². The van der Waals surface area contributed by atoms with Crippen molar-refractivity contribution in [2.45, 2.75) is 19.3 Å². The Hall–Kier alpha value is -1.87. The molecule has 2 aromatic rings. The number of pyridine rings is 1. The SMILES string of the molecule is O=C(c1cc(Cl)ccn1)N1CCC(Cc2ccccc2)CC1. The molecule has 114 valence electrons. The van der Waals surface area contributed by atoms with Crippen molar-refractivity contribution in [2.75, 3.05) is 13.1 Å². The van der Waals surface area contributed by atoms with Gasteiger partial charge in [0.25, 0.3) is 5.91 Å². The Bertz CT molecular complexity index is 637. The van der Waals surface area contributed by atoms with Crippen LogP contribution in [0.2, 0.25) is 5.02 Å². The number of hydrogen-bond acceptors (Lipinski definition) is 2. The molecular formula is C18H19ClN2O. The van der Waals surface area contributed by atoms with Gasteiger partial charge in [0, 0.05) is 24.3 Å². The lowest BCUT2D eigenvalue weighted by atomic mass is 9.90. The molecule has 1 saturated heterocycles. The maximum atomic E-state index is 12.4. The van der Waals surface area contributed by atoms with Crippen LogP contribution in [0.25, 0.3) is 0 Å². The molecule has 1 aliphatic heterocycles. The zero-order valence-corrected chi connectivity index (χ0v) is 13.2. The zero-order valence-electron chi connectivity index (χ0n) is 12.4. The molecule has 4 heteroatoms. The third-order valence-corrected chi connectivity index (χ3v) is 4.45. The Balaban J connectivity index is 1.56. The fraction of sp³-hybridized carbons (Fsp3) is 0.333. The highest BCUT2D eigenvalue weighted by Gasteiger charge is 2.24. The molecule has 0 radical (unpaired) electrons. The van der Waals surface area contributed by atoms with Crippen LogP contribution in [0.4, 0.5) is 0 Å². The van der Waals surface area contributed by atoms with Gasteiger partial charge in [-0.3, -0.25) is 9.78 Å². The second kappa shape index (κ2) is 6.93. The van der Waals surface area contributed by atoms with Gasteiger partial charge in [0.1, 0.15) is 5.69 Å². The van der Waals surface area contributed by atoms with E-state index in [4.69, 9.17) is 11.6 Å². The number of carbonyl (C=O) groups excluding carboxylic acids is 1. The smallest absolute Gasteiger partial charge is 0.272 e. The first kappa shape index (κ1) is 15.0. The van der Waals surface area contributed by atoms with E-state index in [9.17, 15) is 4.79 Å². The van der Waals surface area contributed by atoms with Gasteiger partial charge in [-0.05, 0) is 42.9 Å². The van der Waals surface area contributed by atoms with E-state index in [2.05, 4.69) is 29.2 Å². The van der Waals surface area contributed by atoms with Gasteiger partial charge in [-0.1, -0.05) is 41.9 Å². The predicted octanol–water partition coefficient (Wildman–Crippen LogP) is 3.83. The van der Waals surface area contributed by atoms with Gasteiger partial charge in [0.05, 0.1) is 0 Å². The number of rotatable bonds is 3. The lowest BCUT2D eigenvalue weighted by Crippen LogP contribution is -2.39. The second-order valence-corrected chi connectivity index (χ2v) is 6.22. The maximum Gasteiger partial charge on any atom is 0.272 e. The van der Waals surface area contributed by atoms with Crippen molar-refractivity contribution in [2.24, 2.45) is 5.92 Å². The topological polar surface area (TPSA) is 33.2 Å². The average molecular weight is 315 g/mol. The quantitative estimate of drug-likeness (QED) is 0.862. The normalized spacial score (nSPS) is 15.8. The number of aromatic nitrogens is 1. The standard InChI is InChI=1S/C18H19ClN2O/c19-16-6-9-20-17(13-16)18(22)21-10-7-15(8-11-21)12-14-4-2-1-3-5-14/h1-6,9,13,15H,7-8,10-12H2. The van der Waals surface area contributed by atoms with Crippen molar-refractivity contribution < 1.29 is 4.79 Å². The van der Waals surface area contributed by atoms with E-state index in [-0.39, 0.29) is 5.91 Å². The molecule has 1 aromatic heterocycles. The van der Waals surface area contributed by atoms with Crippen molar-refractivity contribution in [3.05, 3.63) is 64.9 Å². The molecule has 0 aliphatic carbocycles. The van der Waals surface area contributed by atoms with Crippen molar-refractivity contribution in [1.82, 2.24) is 9.88 Å². The van der Waals surface area contributed by atoms with Gasteiger partial charge in [0.2, 0.25) is 0 Å². The van der Waals surface area contributed by atoms with E-state index in [1.165, 1.54) is 5.56 Å². The molecule has 3 rings (SSSR count). The third-order valence-electron chi connectivity index (χ3n) is 4.21. The van der Waals surface area contributed by atoms with Crippen molar-refractivity contribution in [1.29, 1.82) is 0 Å². The van der Waals surface area contributed by atoms with Gasteiger partial charge < -0.3 is 4.90 Å². The molecule has 22 heavy (non-hydrogen) atoms. The second-order valence-electron chi connectivity index (χ2n) is 5.78. The van der Waals surface area contributed by atoms with E-state index in [0.717, 1.165) is 32.4 Å². The molecule has 0 spiro atoms. The van der Waals surface area contributed by atoms with Gasteiger partial charge in [-0.25, -0.2) is 0 Å². The molecule has 0 atom stereocenters. The highest BCUT2D eigenvalue weighted by Crippen LogP contribution is 2.23. The molecule has 0 unspecified atom stereocenters. The van der Waals surface area contributed by atoms with Crippen molar-refractivity contribution >= 4 is 17.5 Å². The molecule has 0 N–H and O–H groups in total. The summed E-state index contributed by atoms with van der Waals surface area (Å²) in [5.41, 5.74) is 1.82. The monoisotopic (exact) mass is 314 g/mol. The number of carbonyl (C=O) groups is 1. The van der Waals surface area contributed by atoms with Crippen LogP contribution in [0.15, 0.2) is 48.7 Å². The highest BCUT2D eigenvalue weighted by molar-refractivity contribution is 6.30. The van der Waals surface area contributed by atoms with Crippen LogP contribution in [0.1, 0.15) is 28.9 Å². The lowest BCUT2D eigenvalue weighted by Gasteiger charge is -2.32. The molecule has 1 aromatic carbocycles. The lowest BCUT2D eigenvalue weighted by molar-refractivity contribution is 0.0684. The van der Waals surface area contributed by atoms with E-state index < -0.39 is 0 Å².